The van der Waals surface area contributed by atoms with Crippen molar-refractivity contribution in [1.82, 2.24) is 0 Å². The van der Waals surface area contributed by atoms with Crippen molar-refractivity contribution < 1.29 is 5.11 Å². The molecule has 82 valence electrons. The summed E-state index contributed by atoms with van der Waals surface area (Å²) in [6.07, 6.45) is 5.38. The van der Waals surface area contributed by atoms with Gasteiger partial charge in [-0.1, -0.05) is 37.6 Å². The summed E-state index contributed by atoms with van der Waals surface area (Å²) in [7, 11) is 0. The molecule has 1 fully saturated rings. The van der Waals surface area contributed by atoms with Crippen LogP contribution in [0.15, 0.2) is 24.3 Å². The number of hydrogen-bond donors (Lipinski definition) is 1. The molecule has 1 aliphatic rings. The lowest BCUT2D eigenvalue weighted by Crippen LogP contribution is -2.18. The smallest absolute Gasteiger partial charge is 0.0546 e. The molecule has 0 bridgehead atoms. The van der Waals surface area contributed by atoms with Crippen LogP contribution in [0.5, 0.6) is 0 Å². The summed E-state index contributed by atoms with van der Waals surface area (Å²) in [6.45, 7) is 2.18. The monoisotopic (exact) mass is 204 g/mol. The zero-order valence-electron chi connectivity index (χ0n) is 9.45. The van der Waals surface area contributed by atoms with Gasteiger partial charge in [-0.05, 0) is 42.7 Å². The lowest BCUT2D eigenvalue weighted by Gasteiger charge is -2.26. The first kappa shape index (κ1) is 10.7. The van der Waals surface area contributed by atoms with Crippen molar-refractivity contribution in [3.8, 4) is 0 Å². The normalized spacial score (nSPS) is 26.5. The van der Waals surface area contributed by atoms with Crippen LogP contribution in [0.2, 0.25) is 0 Å². The van der Waals surface area contributed by atoms with Crippen molar-refractivity contribution in [2.45, 2.75) is 51.0 Å². The quantitative estimate of drug-likeness (QED) is 0.784. The average molecular weight is 204 g/mol. The molecule has 0 amide bonds. The maximum Gasteiger partial charge on any atom is 0.0546 e. The molecular weight excluding hydrogens is 184 g/mol. The number of aryl methyl sites for hydroxylation is 1. The first-order valence-electron chi connectivity index (χ1n) is 6.06. The molecule has 2 rings (SSSR count). The zero-order valence-corrected chi connectivity index (χ0v) is 9.45. The van der Waals surface area contributed by atoms with Crippen molar-refractivity contribution in [2.75, 3.05) is 0 Å². The lowest BCUT2D eigenvalue weighted by atomic mass is 9.82. The van der Waals surface area contributed by atoms with Gasteiger partial charge in [-0.3, -0.25) is 0 Å². The Morgan fingerprint density at radius 1 is 1.20 bits per heavy atom. The first-order chi connectivity index (χ1) is 7.29. The van der Waals surface area contributed by atoms with Crippen LogP contribution < -0.4 is 0 Å². The molecule has 1 aromatic rings. The van der Waals surface area contributed by atoms with Gasteiger partial charge in [0.15, 0.2) is 0 Å². The molecule has 2 unspecified atom stereocenters. The Morgan fingerprint density at radius 2 is 1.93 bits per heavy atom. The minimum absolute atomic E-state index is 0.0744. The Kier molecular flexibility index (Phi) is 3.42. The Labute approximate surface area is 92.1 Å². The number of aliphatic hydroxyl groups excluding tert-OH is 1. The SMILES string of the molecule is CCc1ccc(C2CCCC(O)C2)cc1. The summed E-state index contributed by atoms with van der Waals surface area (Å²) in [5.41, 5.74) is 2.81. The summed E-state index contributed by atoms with van der Waals surface area (Å²) in [5, 5.41) is 9.64. The van der Waals surface area contributed by atoms with Crippen LogP contribution >= 0.6 is 0 Å². The molecule has 1 N–H and O–H groups in total. The lowest BCUT2D eigenvalue weighted by molar-refractivity contribution is 0.119. The van der Waals surface area contributed by atoms with Gasteiger partial charge in [-0.15, -0.1) is 0 Å². The fraction of sp³-hybridized carbons (Fsp3) is 0.571. The number of benzene rings is 1. The van der Waals surface area contributed by atoms with E-state index < -0.39 is 0 Å². The summed E-state index contributed by atoms with van der Waals surface area (Å²) in [5.74, 6) is 0.583. The molecule has 0 saturated heterocycles. The molecule has 0 aromatic heterocycles. The maximum atomic E-state index is 9.64. The van der Waals surface area contributed by atoms with E-state index in [1.54, 1.807) is 0 Å². The van der Waals surface area contributed by atoms with E-state index in [0.717, 1.165) is 19.3 Å². The zero-order chi connectivity index (χ0) is 10.7. The van der Waals surface area contributed by atoms with Gasteiger partial charge in [0.25, 0.3) is 0 Å². The van der Waals surface area contributed by atoms with E-state index in [9.17, 15) is 5.11 Å². The summed E-state index contributed by atoms with van der Waals surface area (Å²) in [6, 6.07) is 8.91. The van der Waals surface area contributed by atoms with Gasteiger partial charge >= 0.3 is 0 Å². The molecule has 2 atom stereocenters. The van der Waals surface area contributed by atoms with Crippen LogP contribution in [0.25, 0.3) is 0 Å². The molecule has 0 heterocycles. The van der Waals surface area contributed by atoms with Crippen molar-refractivity contribution in [3.05, 3.63) is 35.4 Å². The number of hydrogen-bond acceptors (Lipinski definition) is 1. The third-order valence-corrected chi connectivity index (χ3v) is 3.51. The third-order valence-electron chi connectivity index (χ3n) is 3.51. The molecule has 0 spiro atoms. The van der Waals surface area contributed by atoms with Crippen LogP contribution in [0.4, 0.5) is 0 Å². The Balaban J connectivity index is 2.07. The second kappa shape index (κ2) is 4.80. The van der Waals surface area contributed by atoms with Gasteiger partial charge in [0, 0.05) is 0 Å². The largest absolute Gasteiger partial charge is 0.393 e. The molecular formula is C14H20O. The van der Waals surface area contributed by atoms with Gasteiger partial charge in [-0.2, -0.15) is 0 Å². The molecule has 1 nitrogen and oxygen atoms in total. The van der Waals surface area contributed by atoms with Crippen molar-refractivity contribution in [1.29, 1.82) is 0 Å². The highest BCUT2D eigenvalue weighted by Crippen LogP contribution is 2.32. The Bertz CT molecular complexity index is 302. The highest BCUT2D eigenvalue weighted by atomic mass is 16.3. The van der Waals surface area contributed by atoms with Crippen LogP contribution in [0.1, 0.15) is 49.7 Å². The van der Waals surface area contributed by atoms with E-state index in [2.05, 4.69) is 31.2 Å². The molecule has 1 saturated carbocycles. The van der Waals surface area contributed by atoms with Gasteiger partial charge in [0.1, 0.15) is 0 Å². The Morgan fingerprint density at radius 3 is 2.53 bits per heavy atom. The van der Waals surface area contributed by atoms with Gasteiger partial charge in [0.2, 0.25) is 0 Å². The van der Waals surface area contributed by atoms with Gasteiger partial charge < -0.3 is 5.11 Å². The van der Waals surface area contributed by atoms with E-state index in [0.29, 0.717) is 5.92 Å². The highest BCUT2D eigenvalue weighted by Gasteiger charge is 2.21. The predicted molar refractivity (Wildman–Crippen MR) is 63.0 cm³/mol. The highest BCUT2D eigenvalue weighted by molar-refractivity contribution is 5.25. The maximum absolute atomic E-state index is 9.64. The summed E-state index contributed by atoms with van der Waals surface area (Å²) >= 11 is 0. The van der Waals surface area contributed by atoms with Crippen molar-refractivity contribution >= 4 is 0 Å². The second-order valence-electron chi connectivity index (χ2n) is 4.61. The second-order valence-corrected chi connectivity index (χ2v) is 4.61. The minimum atomic E-state index is -0.0744. The third kappa shape index (κ3) is 2.60. The Hall–Kier alpha value is -0.820. The van der Waals surface area contributed by atoms with E-state index in [-0.39, 0.29) is 6.10 Å². The van der Waals surface area contributed by atoms with Crippen LogP contribution in [-0.2, 0) is 6.42 Å². The van der Waals surface area contributed by atoms with E-state index in [4.69, 9.17) is 0 Å². The fourth-order valence-electron chi connectivity index (χ4n) is 2.49. The van der Waals surface area contributed by atoms with Crippen LogP contribution in [0.3, 0.4) is 0 Å². The van der Waals surface area contributed by atoms with Gasteiger partial charge in [0.05, 0.1) is 6.10 Å². The van der Waals surface area contributed by atoms with Crippen molar-refractivity contribution in [2.24, 2.45) is 0 Å². The predicted octanol–water partition coefficient (Wildman–Crippen LogP) is 3.27. The number of rotatable bonds is 2. The first-order valence-corrected chi connectivity index (χ1v) is 6.06. The van der Waals surface area contributed by atoms with Gasteiger partial charge in [-0.25, -0.2) is 0 Å². The summed E-state index contributed by atoms with van der Waals surface area (Å²) in [4.78, 5) is 0. The molecule has 0 aliphatic heterocycles. The molecule has 1 heteroatoms. The number of aliphatic hydroxyl groups is 1. The topological polar surface area (TPSA) is 20.2 Å². The molecule has 1 aromatic carbocycles. The standard InChI is InChI=1S/C14H20O/c1-2-11-6-8-12(9-7-11)13-4-3-5-14(15)10-13/h6-9,13-15H,2-5,10H2,1H3. The summed E-state index contributed by atoms with van der Waals surface area (Å²) < 4.78 is 0. The fourth-order valence-corrected chi connectivity index (χ4v) is 2.49. The van der Waals surface area contributed by atoms with E-state index >= 15 is 0 Å². The van der Waals surface area contributed by atoms with Crippen molar-refractivity contribution in [3.63, 3.8) is 0 Å². The van der Waals surface area contributed by atoms with Crippen LogP contribution in [0, 0.1) is 0 Å². The minimum Gasteiger partial charge on any atom is -0.393 e. The molecule has 15 heavy (non-hydrogen) atoms. The molecule has 1 aliphatic carbocycles. The molecule has 0 radical (unpaired) electrons. The van der Waals surface area contributed by atoms with E-state index in [1.165, 1.54) is 24.0 Å². The average Bonchev–Trinajstić information content (AvgIpc) is 2.29. The van der Waals surface area contributed by atoms with Crippen LogP contribution in [-0.4, -0.2) is 11.2 Å². The van der Waals surface area contributed by atoms with E-state index in [1.807, 2.05) is 0 Å².